The number of hydrogen-bond acceptors (Lipinski definition) is 4. The van der Waals surface area contributed by atoms with Crippen molar-refractivity contribution in [3.63, 3.8) is 0 Å². The quantitative estimate of drug-likeness (QED) is 0.150. The van der Waals surface area contributed by atoms with E-state index < -0.39 is 23.5 Å². The van der Waals surface area contributed by atoms with E-state index in [4.69, 9.17) is 32.9 Å². The highest BCUT2D eigenvalue weighted by atomic mass is 32.1. The van der Waals surface area contributed by atoms with Crippen molar-refractivity contribution in [2.45, 2.75) is 190 Å². The molecule has 0 amide bonds. The molecular weight excluding hydrogens is 1640 g/mol. The predicted octanol–water partition coefficient (Wildman–Crippen LogP) is 38.7. The zero-order valence-electron chi connectivity index (χ0n) is 102. The number of hydrogen-bond donors (Lipinski definition) is 0. The van der Waals surface area contributed by atoms with Crippen molar-refractivity contribution < 1.29 is 32.9 Å². The van der Waals surface area contributed by atoms with Crippen molar-refractivity contribution in [2.24, 2.45) is 0 Å². The molecule has 0 fully saturated rings. The first-order valence-corrected chi connectivity index (χ1v) is 47.6. The summed E-state index contributed by atoms with van der Waals surface area (Å²) < 4.78 is 213. The molecule has 0 radical (unpaired) electrons. The molecule has 0 aliphatic carbocycles. The van der Waals surface area contributed by atoms with Crippen LogP contribution in [0.3, 0.4) is 0 Å². The Hall–Kier alpha value is -11.8. The topological polar surface area (TPSA) is 4.93 Å². The van der Waals surface area contributed by atoms with Gasteiger partial charge in [-0.25, -0.2) is 0 Å². The molecule has 0 atom stereocenters. The van der Waals surface area contributed by atoms with Crippen LogP contribution in [0.2, 0.25) is 0 Å². The molecule has 650 valence electrons. The average molecular weight is 1790 g/mol. The minimum atomic E-state index is -0.496. The molecular formula is C125H121NS4. The lowest BCUT2D eigenvalue weighted by Gasteiger charge is -2.31. The maximum Gasteiger partial charge on any atom is 0.0632 e. The number of rotatable bonds is 7. The van der Waals surface area contributed by atoms with E-state index in [1.54, 1.807) is 47.0 Å². The number of nitrogens with zero attached hydrogens (tertiary/aromatic N) is 1. The molecule has 21 aromatic rings. The number of thiophene rings is 4. The van der Waals surface area contributed by atoms with Gasteiger partial charge < -0.3 is 4.57 Å². The van der Waals surface area contributed by atoms with Gasteiger partial charge in [0.2, 0.25) is 0 Å². The summed E-state index contributed by atoms with van der Waals surface area (Å²) in [5, 5.41) is 10.1. The molecule has 0 bridgehead atoms. The van der Waals surface area contributed by atoms with Gasteiger partial charge in [-0.15, -0.1) is 45.3 Å². The Labute approximate surface area is 820 Å². The Morgan fingerprint density at radius 1 is 0.231 bits per heavy atom. The van der Waals surface area contributed by atoms with E-state index in [1.807, 2.05) is 81.4 Å². The third-order valence-electron chi connectivity index (χ3n) is 24.3. The van der Waals surface area contributed by atoms with Gasteiger partial charge in [-0.05, 0) is 217 Å². The van der Waals surface area contributed by atoms with E-state index in [2.05, 4.69) is 251 Å². The molecule has 0 spiro atoms. The summed E-state index contributed by atoms with van der Waals surface area (Å²) in [7, 11) is 0. The molecule has 5 heterocycles. The van der Waals surface area contributed by atoms with Crippen LogP contribution in [0.5, 0.6) is 0 Å². The molecule has 5 heteroatoms. The smallest absolute Gasteiger partial charge is 0.0632 e. The molecule has 0 unspecified atom stereocenters. The van der Waals surface area contributed by atoms with Gasteiger partial charge >= 0.3 is 0 Å². The van der Waals surface area contributed by atoms with Crippen molar-refractivity contribution in [1.29, 1.82) is 0 Å². The molecule has 0 aliphatic heterocycles. The fraction of sp³-hybridized carbons (Fsp3) is 0.232. The van der Waals surface area contributed by atoms with Gasteiger partial charge in [0.25, 0.3) is 0 Å². The Morgan fingerprint density at radius 2 is 0.538 bits per heavy atom. The largest absolute Gasteiger partial charge is 0.309 e. The lowest BCUT2D eigenvalue weighted by Crippen LogP contribution is -2.22. The first-order valence-electron chi connectivity index (χ1n) is 56.3. The van der Waals surface area contributed by atoms with Gasteiger partial charge in [0.1, 0.15) is 0 Å². The Balaban J connectivity index is 0.000000134. The van der Waals surface area contributed by atoms with Gasteiger partial charge in [-0.1, -0.05) is 417 Å². The van der Waals surface area contributed by atoms with Crippen molar-refractivity contribution in [3.05, 3.63) is 378 Å². The molecule has 130 heavy (non-hydrogen) atoms. The number of benzene rings is 16. The van der Waals surface area contributed by atoms with Crippen LogP contribution in [0, 0.1) is 6.92 Å². The third-order valence-corrected chi connectivity index (χ3v) is 28.8. The Morgan fingerprint density at radius 3 is 0.885 bits per heavy atom. The Bertz CT molecular complexity index is 9220. The lowest BCUT2D eigenvalue weighted by molar-refractivity contribution is 0.535. The first-order chi connectivity index (χ1) is 71.8. The van der Waals surface area contributed by atoms with Gasteiger partial charge in [-0.2, -0.15) is 0 Å². The summed E-state index contributed by atoms with van der Waals surface area (Å²) in [4.78, 5) is 0. The zero-order valence-corrected chi connectivity index (χ0v) is 81.2. The number of fused-ring (bicyclic) bond motifs is 15. The number of para-hydroxylation sites is 2. The molecule has 16 aromatic carbocycles. The van der Waals surface area contributed by atoms with E-state index in [1.165, 1.54) is 61.1 Å². The van der Waals surface area contributed by atoms with Crippen molar-refractivity contribution in [1.82, 2.24) is 4.57 Å². The first kappa shape index (κ1) is 64.1. The highest BCUT2D eigenvalue weighted by Gasteiger charge is 2.34. The summed E-state index contributed by atoms with van der Waals surface area (Å²) in [6, 6.07) is 57.8. The molecule has 21 rings (SSSR count). The van der Waals surface area contributed by atoms with Crippen molar-refractivity contribution >= 4 is 148 Å². The van der Waals surface area contributed by atoms with Crippen LogP contribution in [-0.4, -0.2) is 4.57 Å². The van der Waals surface area contributed by atoms with Gasteiger partial charge in [0.15, 0.2) is 0 Å². The van der Waals surface area contributed by atoms with E-state index in [-0.39, 0.29) is 182 Å². The van der Waals surface area contributed by atoms with Crippen LogP contribution in [0.1, 0.15) is 223 Å². The minimum Gasteiger partial charge on any atom is -0.309 e. The summed E-state index contributed by atoms with van der Waals surface area (Å²) in [5.41, 5.74) is 17.4. The molecule has 0 aliphatic rings. The maximum atomic E-state index is 8.82. The predicted molar refractivity (Wildman–Crippen MR) is 580 cm³/mol. The van der Waals surface area contributed by atoms with E-state index in [0.29, 0.717) is 38.9 Å². The van der Waals surface area contributed by atoms with E-state index in [9.17, 15) is 0 Å². The normalized spacial score (nSPS) is 15.1. The highest BCUT2D eigenvalue weighted by molar-refractivity contribution is 7.27. The fourth-order valence-electron chi connectivity index (χ4n) is 18.8. The van der Waals surface area contributed by atoms with Crippen LogP contribution in [0.15, 0.2) is 333 Å². The fourth-order valence-corrected chi connectivity index (χ4v) is 23.3. The van der Waals surface area contributed by atoms with Crippen LogP contribution in [-0.2, 0) is 37.9 Å². The average Bonchev–Trinajstić information content (AvgIpc) is 1.55. The standard InChI is InChI=1S/C36H40S.C34H27NS.C29H26S.C26H28S/c1-34(2,3)25-20-24(21-26(22-25)35(4,5)6)28-18-19-30-32(33(28)36(7,8)9)31-27(16-13-17-29(31)37-30)23-14-11-10-12-15-23;1-34(2,3)33-28(35-26-17-9-7-14-24(26)25-15-8-10-18-27(25)35)20-21-30-32(33)31-23(16-11-19-29(31)36-30)22-12-5-4-6-13-22;1-19-10-8-13-21(18-19)23-16-17-25-27(28(23)29(2,3)4)26-22(14-9-15-24(26)30-25)20-11-6-5-7-12-20;1-25(2,3)19-15-16-21-23(24(19)26(4,5)6)22-18(13-10-14-20(22)27-21)17-11-8-7-9-12-17/h10-22H,1-9H3;4-21H,1-3H3;5-18H,1-4H3;7-16H,1-6H3/i10D,11D,12D,14D,15D;4D,5D,6D,12D,13D;5D,6D,7D,8D,10D,11D,12D,13D,18D;7D,8D,9D,11D,12D. The molecule has 0 saturated heterocycles. The summed E-state index contributed by atoms with van der Waals surface area (Å²) in [6.45, 7) is 47.9. The van der Waals surface area contributed by atoms with Crippen LogP contribution >= 0.6 is 45.3 Å². The van der Waals surface area contributed by atoms with Crippen molar-refractivity contribution in [3.8, 4) is 72.4 Å². The zero-order chi connectivity index (χ0) is 112. The van der Waals surface area contributed by atoms with E-state index >= 15 is 0 Å². The highest BCUT2D eigenvalue weighted by Crippen LogP contribution is 2.54. The lowest BCUT2D eigenvalue weighted by atomic mass is 9.73. The number of aromatic nitrogens is 1. The summed E-state index contributed by atoms with van der Waals surface area (Å²) in [6.07, 6.45) is 0. The van der Waals surface area contributed by atoms with Crippen LogP contribution < -0.4 is 0 Å². The van der Waals surface area contributed by atoms with Gasteiger partial charge in [-0.3, -0.25) is 0 Å². The second-order valence-corrected chi connectivity index (χ2v) is 45.3. The molecule has 1 nitrogen and oxygen atoms in total. The van der Waals surface area contributed by atoms with Gasteiger partial charge in [0.05, 0.1) is 49.6 Å². The Kier molecular flexibility index (Phi) is 16.8. The van der Waals surface area contributed by atoms with Crippen LogP contribution in [0.4, 0.5) is 0 Å². The SMILES string of the molecule is [2H]c1c([2H])c([2H])c(-c2cccc3sc4ccc(-c5c([2H])c([2H])c([2H])c(C)c5[2H])c(C(C)(C)C)c4c23)c([2H])c1[2H].[2H]c1c([2H])c([2H])c(-c2cccc3sc4ccc(-c5cc(C(C)(C)C)cc(C(C)(C)C)c5)c(C(C)(C)C)c4c23)c([2H])c1[2H].[2H]c1c([2H])c([2H])c(-c2cccc3sc4ccc(-n5c6ccccc6c6ccccc65)c(C(C)(C)C)c4c23)c([2H])c1[2H].[2H]c1c([2H])c([2H])c(-c2cccc3sc4ccc(C(C)(C)C)c(C(C)(C)C)c4c23)c([2H])c1[2H]. The summed E-state index contributed by atoms with van der Waals surface area (Å²) in [5.74, 6) is 0. The summed E-state index contributed by atoms with van der Waals surface area (Å²) >= 11 is 6.59. The van der Waals surface area contributed by atoms with E-state index in [0.717, 1.165) is 109 Å². The maximum absolute atomic E-state index is 8.82. The minimum absolute atomic E-state index is 0.0226. The molecule has 5 aromatic heterocycles. The third kappa shape index (κ3) is 16.9. The van der Waals surface area contributed by atoms with Gasteiger partial charge in [0, 0.05) is 91.5 Å². The molecule has 0 N–H and O–H groups in total. The monoisotopic (exact) mass is 1790 g/mol. The second kappa shape index (κ2) is 34.2. The van der Waals surface area contributed by atoms with Crippen LogP contribution in [0.25, 0.3) is 175 Å². The second-order valence-electron chi connectivity index (χ2n) is 41.0. The molecule has 0 saturated carbocycles. The van der Waals surface area contributed by atoms with Crippen molar-refractivity contribution in [2.75, 3.05) is 0 Å².